The SMILES string of the molecule is CCC(C)C1CNC(C2CC2)CN1CCc1nccn1C. The third-order valence-corrected chi connectivity index (χ3v) is 5.52. The van der Waals surface area contributed by atoms with Gasteiger partial charge in [-0.05, 0) is 24.7 Å². The Morgan fingerprint density at radius 2 is 2.24 bits per heavy atom. The third-order valence-electron chi connectivity index (χ3n) is 5.52. The molecule has 1 N–H and O–H groups in total. The lowest BCUT2D eigenvalue weighted by Crippen LogP contribution is -2.59. The number of rotatable bonds is 6. The van der Waals surface area contributed by atoms with E-state index in [2.05, 4.69) is 40.7 Å². The van der Waals surface area contributed by atoms with Crippen LogP contribution in [0.3, 0.4) is 0 Å². The van der Waals surface area contributed by atoms with Gasteiger partial charge in [-0.25, -0.2) is 4.98 Å². The number of aromatic nitrogens is 2. The molecule has 118 valence electrons. The van der Waals surface area contributed by atoms with E-state index in [4.69, 9.17) is 0 Å². The molecule has 1 saturated heterocycles. The standard InChI is InChI=1S/C17H30N4/c1-4-13(2)16-11-19-15(14-5-6-14)12-21(16)9-7-17-18-8-10-20(17)3/h8,10,13-16,19H,4-7,9,11-12H2,1-3H3. The van der Waals surface area contributed by atoms with Crippen LogP contribution in [0.1, 0.15) is 38.9 Å². The monoisotopic (exact) mass is 290 g/mol. The molecule has 1 aliphatic carbocycles. The Bertz CT molecular complexity index is 451. The molecule has 4 heteroatoms. The summed E-state index contributed by atoms with van der Waals surface area (Å²) < 4.78 is 2.15. The van der Waals surface area contributed by atoms with E-state index in [1.807, 2.05) is 12.4 Å². The maximum atomic E-state index is 4.48. The van der Waals surface area contributed by atoms with Gasteiger partial charge >= 0.3 is 0 Å². The van der Waals surface area contributed by atoms with Gasteiger partial charge in [0.25, 0.3) is 0 Å². The van der Waals surface area contributed by atoms with E-state index in [9.17, 15) is 0 Å². The van der Waals surface area contributed by atoms with Crippen LogP contribution in [0.5, 0.6) is 0 Å². The largest absolute Gasteiger partial charge is 0.338 e. The van der Waals surface area contributed by atoms with Crippen molar-refractivity contribution in [3.05, 3.63) is 18.2 Å². The average Bonchev–Trinajstić information content (AvgIpc) is 3.27. The van der Waals surface area contributed by atoms with Crippen LogP contribution in [0.15, 0.2) is 12.4 Å². The van der Waals surface area contributed by atoms with Gasteiger partial charge in [-0.1, -0.05) is 20.3 Å². The zero-order valence-electron chi connectivity index (χ0n) is 13.8. The van der Waals surface area contributed by atoms with Crippen molar-refractivity contribution in [3.8, 4) is 0 Å². The maximum Gasteiger partial charge on any atom is 0.109 e. The van der Waals surface area contributed by atoms with Crippen molar-refractivity contribution in [3.63, 3.8) is 0 Å². The number of nitrogens with zero attached hydrogens (tertiary/aromatic N) is 3. The third kappa shape index (κ3) is 3.49. The van der Waals surface area contributed by atoms with Crippen molar-refractivity contribution in [2.75, 3.05) is 19.6 Å². The summed E-state index contributed by atoms with van der Waals surface area (Å²) in [6, 6.07) is 1.41. The van der Waals surface area contributed by atoms with Gasteiger partial charge in [-0.2, -0.15) is 0 Å². The predicted octanol–water partition coefficient (Wildman–Crippen LogP) is 2.06. The van der Waals surface area contributed by atoms with Crippen LogP contribution in [0.4, 0.5) is 0 Å². The topological polar surface area (TPSA) is 33.1 Å². The molecule has 0 bridgehead atoms. The minimum Gasteiger partial charge on any atom is -0.338 e. The van der Waals surface area contributed by atoms with Crippen LogP contribution in [-0.2, 0) is 13.5 Å². The highest BCUT2D eigenvalue weighted by Gasteiger charge is 2.38. The van der Waals surface area contributed by atoms with Crippen molar-refractivity contribution >= 4 is 0 Å². The lowest BCUT2D eigenvalue weighted by Gasteiger charge is -2.43. The second-order valence-corrected chi connectivity index (χ2v) is 7.00. The number of hydrogen-bond donors (Lipinski definition) is 1. The molecule has 3 unspecified atom stereocenters. The molecular weight excluding hydrogens is 260 g/mol. The molecule has 0 amide bonds. The molecule has 1 saturated carbocycles. The fourth-order valence-electron chi connectivity index (χ4n) is 3.64. The Hall–Kier alpha value is -0.870. The van der Waals surface area contributed by atoms with Gasteiger partial charge in [-0.3, -0.25) is 4.90 Å². The number of nitrogens with one attached hydrogen (secondary N) is 1. The molecule has 3 rings (SSSR count). The highest BCUT2D eigenvalue weighted by molar-refractivity contribution is 4.97. The molecule has 0 aromatic carbocycles. The molecule has 1 aromatic heterocycles. The smallest absolute Gasteiger partial charge is 0.109 e. The molecule has 2 heterocycles. The number of imidazole rings is 1. The first-order valence-electron chi connectivity index (χ1n) is 8.62. The van der Waals surface area contributed by atoms with Gasteiger partial charge in [0.1, 0.15) is 5.82 Å². The molecular formula is C17H30N4. The van der Waals surface area contributed by atoms with Gasteiger partial charge in [0, 0.05) is 57.6 Å². The molecule has 1 aromatic rings. The summed E-state index contributed by atoms with van der Waals surface area (Å²) in [6.45, 7) is 8.25. The van der Waals surface area contributed by atoms with E-state index in [1.165, 1.54) is 31.6 Å². The molecule has 21 heavy (non-hydrogen) atoms. The first-order chi connectivity index (χ1) is 10.2. The molecule has 1 aliphatic heterocycles. The van der Waals surface area contributed by atoms with Crippen molar-refractivity contribution in [1.82, 2.24) is 19.8 Å². The van der Waals surface area contributed by atoms with E-state index in [1.54, 1.807) is 0 Å². The summed E-state index contributed by atoms with van der Waals surface area (Å²) in [4.78, 5) is 7.22. The summed E-state index contributed by atoms with van der Waals surface area (Å²) in [5.74, 6) is 2.91. The second kappa shape index (κ2) is 6.49. The van der Waals surface area contributed by atoms with Gasteiger partial charge in [-0.15, -0.1) is 0 Å². The fraction of sp³-hybridized carbons (Fsp3) is 0.824. The van der Waals surface area contributed by atoms with E-state index in [0.717, 1.165) is 37.4 Å². The van der Waals surface area contributed by atoms with Gasteiger partial charge < -0.3 is 9.88 Å². The summed E-state index contributed by atoms with van der Waals surface area (Å²) in [5, 5.41) is 3.82. The molecule has 4 nitrogen and oxygen atoms in total. The van der Waals surface area contributed by atoms with E-state index >= 15 is 0 Å². The van der Waals surface area contributed by atoms with Crippen LogP contribution in [-0.4, -0.2) is 46.2 Å². The Morgan fingerprint density at radius 3 is 2.86 bits per heavy atom. The highest BCUT2D eigenvalue weighted by Crippen LogP contribution is 2.35. The van der Waals surface area contributed by atoms with E-state index < -0.39 is 0 Å². The normalized spacial score (nSPS) is 28.7. The van der Waals surface area contributed by atoms with Crippen LogP contribution in [0.25, 0.3) is 0 Å². The van der Waals surface area contributed by atoms with Gasteiger partial charge in [0.15, 0.2) is 0 Å². The first-order valence-corrected chi connectivity index (χ1v) is 8.62. The van der Waals surface area contributed by atoms with E-state index in [0.29, 0.717) is 6.04 Å². The zero-order valence-corrected chi connectivity index (χ0v) is 13.8. The van der Waals surface area contributed by atoms with Crippen molar-refractivity contribution < 1.29 is 0 Å². The Labute approximate surface area is 128 Å². The molecule has 0 radical (unpaired) electrons. The summed E-state index contributed by atoms with van der Waals surface area (Å²) >= 11 is 0. The summed E-state index contributed by atoms with van der Waals surface area (Å²) in [6.07, 6.45) is 9.14. The number of hydrogen-bond acceptors (Lipinski definition) is 3. The first kappa shape index (κ1) is 15.0. The minimum absolute atomic E-state index is 0.685. The van der Waals surface area contributed by atoms with Crippen molar-refractivity contribution in [2.24, 2.45) is 18.9 Å². The predicted molar refractivity (Wildman–Crippen MR) is 86.2 cm³/mol. The van der Waals surface area contributed by atoms with Crippen molar-refractivity contribution in [2.45, 2.75) is 51.6 Å². The average molecular weight is 290 g/mol. The van der Waals surface area contributed by atoms with E-state index in [-0.39, 0.29) is 0 Å². The van der Waals surface area contributed by atoms with Gasteiger partial charge in [0.2, 0.25) is 0 Å². The molecule has 0 spiro atoms. The highest BCUT2D eigenvalue weighted by atomic mass is 15.2. The number of aryl methyl sites for hydroxylation is 1. The molecule has 2 aliphatic rings. The Kier molecular flexibility index (Phi) is 4.65. The quantitative estimate of drug-likeness (QED) is 0.870. The lowest BCUT2D eigenvalue weighted by molar-refractivity contribution is 0.0861. The summed E-state index contributed by atoms with van der Waals surface area (Å²) in [5.41, 5.74) is 0. The van der Waals surface area contributed by atoms with Crippen LogP contribution >= 0.6 is 0 Å². The Morgan fingerprint density at radius 1 is 1.43 bits per heavy atom. The molecule has 2 fully saturated rings. The van der Waals surface area contributed by atoms with Crippen LogP contribution in [0.2, 0.25) is 0 Å². The zero-order chi connectivity index (χ0) is 14.8. The fourth-order valence-corrected chi connectivity index (χ4v) is 3.64. The minimum atomic E-state index is 0.685. The Balaban J connectivity index is 1.62. The van der Waals surface area contributed by atoms with Crippen LogP contribution in [0, 0.1) is 11.8 Å². The summed E-state index contributed by atoms with van der Waals surface area (Å²) in [7, 11) is 2.10. The van der Waals surface area contributed by atoms with Crippen LogP contribution < -0.4 is 5.32 Å². The molecule has 3 atom stereocenters. The van der Waals surface area contributed by atoms with Crippen molar-refractivity contribution in [1.29, 1.82) is 0 Å². The lowest BCUT2D eigenvalue weighted by atomic mass is 9.93. The maximum absolute atomic E-state index is 4.48. The number of piperazine rings is 1. The van der Waals surface area contributed by atoms with Gasteiger partial charge in [0.05, 0.1) is 0 Å². The second-order valence-electron chi connectivity index (χ2n) is 7.00.